The van der Waals surface area contributed by atoms with Gasteiger partial charge in [-0.15, -0.1) is 0 Å². The van der Waals surface area contributed by atoms with Gasteiger partial charge in [-0.2, -0.15) is 16.8 Å². The molecule has 8 nitrogen and oxygen atoms in total. The molecule has 0 saturated heterocycles. The Morgan fingerprint density at radius 1 is 0.654 bits per heavy atom. The zero-order valence-electron chi connectivity index (χ0n) is 15.5. The van der Waals surface area contributed by atoms with Gasteiger partial charge in [-0.1, -0.05) is 63.8 Å². The lowest BCUT2D eigenvalue weighted by molar-refractivity contribution is 0.272. The van der Waals surface area contributed by atoms with Crippen LogP contribution in [0.25, 0.3) is 0 Å². The topological polar surface area (TPSA) is 127 Å². The fourth-order valence-corrected chi connectivity index (χ4v) is 2.17. The molecule has 0 unspecified atom stereocenters. The van der Waals surface area contributed by atoms with Gasteiger partial charge in [-0.25, -0.2) is 8.37 Å². The highest BCUT2D eigenvalue weighted by Gasteiger charge is 2.01. The molecule has 0 saturated carbocycles. The van der Waals surface area contributed by atoms with Gasteiger partial charge in [0, 0.05) is 0 Å². The van der Waals surface area contributed by atoms with E-state index in [0.717, 1.165) is 38.5 Å². The summed E-state index contributed by atoms with van der Waals surface area (Å²) in [6, 6.07) is 0. The highest BCUT2D eigenvalue weighted by Crippen LogP contribution is 1.98. The summed E-state index contributed by atoms with van der Waals surface area (Å²) in [5.74, 6) is 0. The fourth-order valence-electron chi connectivity index (χ4n) is 1.56. The summed E-state index contributed by atoms with van der Waals surface area (Å²) in [6.45, 7) is 4.22. The summed E-state index contributed by atoms with van der Waals surface area (Å²) in [5, 5.41) is 0. The van der Waals surface area contributed by atoms with Crippen LogP contribution >= 0.6 is 0 Å². The lowest BCUT2D eigenvalue weighted by atomic mass is 10.2. The highest BCUT2D eigenvalue weighted by atomic mass is 32.3. The van der Waals surface area contributed by atoms with E-state index in [9.17, 15) is 16.8 Å². The van der Waals surface area contributed by atoms with E-state index in [1.807, 2.05) is 24.3 Å². The van der Waals surface area contributed by atoms with Crippen LogP contribution in [0.4, 0.5) is 0 Å². The molecule has 2 N–H and O–H groups in total. The van der Waals surface area contributed by atoms with Crippen LogP contribution < -0.4 is 0 Å². The molecule has 0 radical (unpaired) electrons. The second kappa shape index (κ2) is 17.6. The molecule has 0 spiro atoms. The van der Waals surface area contributed by atoms with E-state index in [1.165, 1.54) is 0 Å². The maximum atomic E-state index is 10.1. The number of allylic oxidation sites excluding steroid dienone is 2. The Hall–Kier alpha value is -0.780. The number of hydrogen-bond donors (Lipinski definition) is 2. The van der Waals surface area contributed by atoms with Gasteiger partial charge in [0.25, 0.3) is 0 Å². The van der Waals surface area contributed by atoms with E-state index in [0.29, 0.717) is 12.8 Å². The first kappa shape index (κ1) is 27.4. The molecule has 0 amide bonds. The van der Waals surface area contributed by atoms with Crippen LogP contribution in [0.1, 0.15) is 65.2 Å². The standard InChI is InChI=1S/2C8H16O4S/c2*1-2-3-4-5-6-7-8-12-13(9,10)11/h2*5-6H,2-4,7-8H2,1H3,(H,9,10,11)/b6-5+;6-5-. The second-order valence-electron chi connectivity index (χ2n) is 5.30. The summed E-state index contributed by atoms with van der Waals surface area (Å²) in [5.41, 5.74) is 0. The van der Waals surface area contributed by atoms with Crippen molar-refractivity contribution in [2.24, 2.45) is 0 Å². The highest BCUT2D eigenvalue weighted by molar-refractivity contribution is 7.81. The van der Waals surface area contributed by atoms with Crippen molar-refractivity contribution in [3.63, 3.8) is 0 Å². The molecular formula is C16H32O8S2. The zero-order chi connectivity index (χ0) is 20.3. The van der Waals surface area contributed by atoms with Crippen LogP contribution in [0.3, 0.4) is 0 Å². The molecule has 0 fully saturated rings. The molecule has 0 aromatic rings. The summed E-state index contributed by atoms with van der Waals surface area (Å²) in [7, 11) is -8.51. The molecule has 0 atom stereocenters. The fraction of sp³-hybridized carbons (Fsp3) is 0.750. The van der Waals surface area contributed by atoms with Crippen molar-refractivity contribution in [3.05, 3.63) is 24.3 Å². The van der Waals surface area contributed by atoms with Gasteiger partial charge in [0.05, 0.1) is 13.2 Å². The molecule has 0 bridgehead atoms. The van der Waals surface area contributed by atoms with Gasteiger partial charge in [0.15, 0.2) is 0 Å². The van der Waals surface area contributed by atoms with E-state index < -0.39 is 20.8 Å². The van der Waals surface area contributed by atoms with E-state index in [4.69, 9.17) is 9.11 Å². The van der Waals surface area contributed by atoms with Gasteiger partial charge in [0.1, 0.15) is 0 Å². The third-order valence-corrected chi connectivity index (χ3v) is 3.74. The first-order valence-electron chi connectivity index (χ1n) is 8.66. The number of unbranched alkanes of at least 4 members (excludes halogenated alkanes) is 4. The molecule has 156 valence electrons. The molecule has 0 aliphatic carbocycles. The Morgan fingerprint density at radius 2 is 0.962 bits per heavy atom. The molecular weight excluding hydrogens is 384 g/mol. The van der Waals surface area contributed by atoms with Crippen LogP contribution in [0.5, 0.6) is 0 Å². The lowest BCUT2D eigenvalue weighted by Gasteiger charge is -1.95. The van der Waals surface area contributed by atoms with Crippen LogP contribution in [0.15, 0.2) is 24.3 Å². The quantitative estimate of drug-likeness (QED) is 0.248. The smallest absolute Gasteiger partial charge is 0.264 e. The average molecular weight is 417 g/mol. The third kappa shape index (κ3) is 31.0. The molecule has 26 heavy (non-hydrogen) atoms. The predicted molar refractivity (Wildman–Crippen MR) is 102 cm³/mol. The minimum absolute atomic E-state index is 0.00145. The Morgan fingerprint density at radius 3 is 1.23 bits per heavy atom. The van der Waals surface area contributed by atoms with E-state index in [2.05, 4.69) is 22.2 Å². The zero-order valence-corrected chi connectivity index (χ0v) is 17.2. The first-order chi connectivity index (χ1) is 12.1. The van der Waals surface area contributed by atoms with Crippen molar-refractivity contribution in [1.29, 1.82) is 0 Å². The monoisotopic (exact) mass is 416 g/mol. The number of rotatable bonds is 14. The molecule has 10 heteroatoms. The SMILES string of the molecule is CCCC/C=C/CCOS(=O)(=O)O.CCCC/C=C\CCOS(=O)(=O)O. The van der Waals surface area contributed by atoms with E-state index in [-0.39, 0.29) is 13.2 Å². The second-order valence-corrected chi connectivity index (χ2v) is 7.49. The Labute approximate surface area is 158 Å². The third-order valence-electron chi connectivity index (χ3n) is 2.82. The van der Waals surface area contributed by atoms with Gasteiger partial charge < -0.3 is 0 Å². The lowest BCUT2D eigenvalue weighted by Crippen LogP contribution is -2.03. The summed E-state index contributed by atoms with van der Waals surface area (Å²) in [4.78, 5) is 0. The first-order valence-corrected chi connectivity index (χ1v) is 11.4. The Bertz CT molecular complexity index is 513. The van der Waals surface area contributed by atoms with Gasteiger partial charge >= 0.3 is 20.8 Å². The normalized spacial score (nSPS) is 12.5. The van der Waals surface area contributed by atoms with Crippen molar-refractivity contribution < 1.29 is 34.3 Å². The molecule has 0 aliphatic rings. The van der Waals surface area contributed by atoms with Gasteiger partial charge in [-0.05, 0) is 25.7 Å². The van der Waals surface area contributed by atoms with Crippen molar-refractivity contribution in [1.82, 2.24) is 0 Å². The molecule has 0 rings (SSSR count). The minimum Gasteiger partial charge on any atom is -0.264 e. The van der Waals surface area contributed by atoms with Gasteiger partial charge in [-0.3, -0.25) is 9.11 Å². The predicted octanol–water partition coefficient (Wildman–Crippen LogP) is 3.88. The molecule has 0 aliphatic heterocycles. The van der Waals surface area contributed by atoms with E-state index in [1.54, 1.807) is 0 Å². The summed E-state index contributed by atoms with van der Waals surface area (Å²) < 4.78 is 64.9. The summed E-state index contributed by atoms with van der Waals surface area (Å²) >= 11 is 0. The van der Waals surface area contributed by atoms with Crippen LogP contribution in [-0.4, -0.2) is 39.2 Å². The Kier molecular flexibility index (Phi) is 18.6. The largest absolute Gasteiger partial charge is 0.397 e. The molecule has 0 aromatic carbocycles. The average Bonchev–Trinajstić information content (AvgIpc) is 2.52. The molecule has 0 heterocycles. The van der Waals surface area contributed by atoms with Crippen LogP contribution in [-0.2, 0) is 29.2 Å². The van der Waals surface area contributed by atoms with Crippen molar-refractivity contribution in [2.45, 2.75) is 65.2 Å². The minimum atomic E-state index is -4.26. The van der Waals surface area contributed by atoms with Crippen LogP contribution in [0.2, 0.25) is 0 Å². The van der Waals surface area contributed by atoms with Crippen molar-refractivity contribution in [3.8, 4) is 0 Å². The van der Waals surface area contributed by atoms with Gasteiger partial charge in [0.2, 0.25) is 0 Å². The van der Waals surface area contributed by atoms with Crippen molar-refractivity contribution in [2.75, 3.05) is 13.2 Å². The number of hydrogen-bond acceptors (Lipinski definition) is 6. The maximum Gasteiger partial charge on any atom is 0.397 e. The maximum absolute atomic E-state index is 10.1. The van der Waals surface area contributed by atoms with E-state index >= 15 is 0 Å². The Balaban J connectivity index is 0. The van der Waals surface area contributed by atoms with Crippen molar-refractivity contribution >= 4 is 20.8 Å². The van der Waals surface area contributed by atoms with Crippen LogP contribution in [0, 0.1) is 0 Å². The molecule has 0 aromatic heterocycles. The summed E-state index contributed by atoms with van der Waals surface area (Å²) in [6.07, 6.45) is 15.2.